The van der Waals surface area contributed by atoms with Crippen molar-refractivity contribution in [1.82, 2.24) is 10.2 Å². The average molecular weight is 224 g/mol. The third-order valence-electron chi connectivity index (χ3n) is 4.26. The van der Waals surface area contributed by atoms with Crippen LogP contribution in [0.25, 0.3) is 0 Å². The van der Waals surface area contributed by atoms with E-state index in [1.807, 2.05) is 0 Å². The van der Waals surface area contributed by atoms with Crippen LogP contribution in [0.4, 0.5) is 0 Å². The van der Waals surface area contributed by atoms with Gasteiger partial charge in [0.2, 0.25) is 0 Å². The van der Waals surface area contributed by atoms with Crippen LogP contribution in [0.3, 0.4) is 0 Å². The maximum Gasteiger partial charge on any atom is 0.0220 e. The Kier molecular flexibility index (Phi) is 4.66. The van der Waals surface area contributed by atoms with Gasteiger partial charge in [-0.3, -0.25) is 4.90 Å². The second-order valence-electron chi connectivity index (χ2n) is 5.68. The number of hydrogen-bond acceptors (Lipinski definition) is 2. The van der Waals surface area contributed by atoms with E-state index in [0.29, 0.717) is 0 Å². The molecule has 1 aliphatic carbocycles. The van der Waals surface area contributed by atoms with E-state index in [1.165, 1.54) is 58.0 Å². The highest BCUT2D eigenvalue weighted by Gasteiger charge is 2.26. The van der Waals surface area contributed by atoms with Crippen molar-refractivity contribution in [3.63, 3.8) is 0 Å². The molecule has 0 spiro atoms. The van der Waals surface area contributed by atoms with Gasteiger partial charge in [0, 0.05) is 24.7 Å². The molecule has 1 saturated heterocycles. The third-order valence-corrected chi connectivity index (χ3v) is 4.26. The van der Waals surface area contributed by atoms with E-state index in [1.54, 1.807) is 0 Å². The first-order valence-corrected chi connectivity index (χ1v) is 7.30. The molecule has 2 aliphatic rings. The first-order chi connectivity index (χ1) is 7.81. The molecule has 0 bridgehead atoms. The van der Waals surface area contributed by atoms with E-state index in [2.05, 4.69) is 24.1 Å². The molecule has 0 radical (unpaired) electrons. The number of nitrogens with zero attached hydrogens (tertiary/aromatic N) is 1. The van der Waals surface area contributed by atoms with Crippen LogP contribution >= 0.6 is 0 Å². The van der Waals surface area contributed by atoms with Crippen LogP contribution in [-0.2, 0) is 0 Å². The van der Waals surface area contributed by atoms with Crippen molar-refractivity contribution in [2.24, 2.45) is 0 Å². The molecule has 1 heterocycles. The van der Waals surface area contributed by atoms with Gasteiger partial charge in [-0.15, -0.1) is 0 Å². The fourth-order valence-corrected chi connectivity index (χ4v) is 2.93. The average Bonchev–Trinajstić information content (AvgIpc) is 3.09. The van der Waals surface area contributed by atoms with E-state index < -0.39 is 0 Å². The van der Waals surface area contributed by atoms with E-state index in [0.717, 1.165) is 18.1 Å². The molecule has 2 atom stereocenters. The monoisotopic (exact) mass is 224 g/mol. The highest BCUT2D eigenvalue weighted by Crippen LogP contribution is 2.22. The van der Waals surface area contributed by atoms with Crippen molar-refractivity contribution in [1.29, 1.82) is 0 Å². The predicted molar refractivity (Wildman–Crippen MR) is 69.7 cm³/mol. The summed E-state index contributed by atoms with van der Waals surface area (Å²) in [7, 11) is 0. The lowest BCUT2D eigenvalue weighted by atomic mass is 10.1. The molecule has 1 N–H and O–H groups in total. The van der Waals surface area contributed by atoms with Crippen LogP contribution in [0.5, 0.6) is 0 Å². The fraction of sp³-hybridized carbons (Fsp3) is 1.00. The summed E-state index contributed by atoms with van der Waals surface area (Å²) in [6, 6.07) is 2.43. The lowest BCUT2D eigenvalue weighted by Gasteiger charge is -2.35. The van der Waals surface area contributed by atoms with E-state index in [9.17, 15) is 0 Å². The first kappa shape index (κ1) is 12.4. The summed E-state index contributed by atoms with van der Waals surface area (Å²) in [4.78, 5) is 2.77. The Hall–Kier alpha value is -0.0800. The minimum Gasteiger partial charge on any atom is -0.312 e. The Morgan fingerprint density at radius 3 is 2.69 bits per heavy atom. The predicted octanol–water partition coefficient (Wildman–Crippen LogP) is 2.78. The van der Waals surface area contributed by atoms with Crippen LogP contribution in [0.1, 0.15) is 58.8 Å². The zero-order chi connectivity index (χ0) is 11.4. The normalized spacial score (nSPS) is 30.0. The molecule has 0 aromatic heterocycles. The standard InChI is InChI=1S/C14H28N2/c1-3-14(11-15-13-8-9-13)16-10-6-4-5-7-12(16)2/h12-15H,3-11H2,1-2H3. The quantitative estimate of drug-likeness (QED) is 0.772. The van der Waals surface area contributed by atoms with Crippen LogP contribution in [0.2, 0.25) is 0 Å². The van der Waals surface area contributed by atoms with Crippen LogP contribution in [0.15, 0.2) is 0 Å². The third kappa shape index (κ3) is 3.46. The largest absolute Gasteiger partial charge is 0.312 e. The highest BCUT2D eigenvalue weighted by atomic mass is 15.2. The summed E-state index contributed by atoms with van der Waals surface area (Å²) >= 11 is 0. The molecule has 2 unspecified atom stereocenters. The van der Waals surface area contributed by atoms with E-state index in [4.69, 9.17) is 0 Å². The maximum absolute atomic E-state index is 3.70. The second-order valence-corrected chi connectivity index (χ2v) is 5.68. The summed E-state index contributed by atoms with van der Waals surface area (Å²) in [5.74, 6) is 0. The van der Waals surface area contributed by atoms with Crippen LogP contribution in [-0.4, -0.2) is 36.1 Å². The van der Waals surface area contributed by atoms with Crippen molar-refractivity contribution in [2.75, 3.05) is 13.1 Å². The summed E-state index contributed by atoms with van der Waals surface area (Å²) in [6.07, 6.45) is 9.80. The minimum absolute atomic E-state index is 0.772. The summed E-state index contributed by atoms with van der Waals surface area (Å²) in [6.45, 7) is 7.31. The Bertz CT molecular complexity index is 201. The van der Waals surface area contributed by atoms with E-state index in [-0.39, 0.29) is 0 Å². The molecule has 2 rings (SSSR count). The summed E-state index contributed by atoms with van der Waals surface area (Å²) < 4.78 is 0. The summed E-state index contributed by atoms with van der Waals surface area (Å²) in [5, 5.41) is 3.70. The molecular formula is C14H28N2. The fourth-order valence-electron chi connectivity index (χ4n) is 2.93. The first-order valence-electron chi connectivity index (χ1n) is 7.30. The zero-order valence-electron chi connectivity index (χ0n) is 11.0. The number of nitrogens with one attached hydrogen (secondary N) is 1. The van der Waals surface area contributed by atoms with Gasteiger partial charge in [0.15, 0.2) is 0 Å². The molecule has 2 heteroatoms. The van der Waals surface area contributed by atoms with Gasteiger partial charge in [0.05, 0.1) is 0 Å². The molecule has 1 saturated carbocycles. The van der Waals surface area contributed by atoms with Crippen molar-refractivity contribution >= 4 is 0 Å². The van der Waals surface area contributed by atoms with Crippen molar-refractivity contribution in [3.05, 3.63) is 0 Å². The molecular weight excluding hydrogens is 196 g/mol. The zero-order valence-corrected chi connectivity index (χ0v) is 11.0. The second kappa shape index (κ2) is 6.02. The Morgan fingerprint density at radius 2 is 2.00 bits per heavy atom. The van der Waals surface area contributed by atoms with Gasteiger partial charge >= 0.3 is 0 Å². The van der Waals surface area contributed by atoms with Gasteiger partial charge in [-0.2, -0.15) is 0 Å². The Balaban J connectivity index is 1.83. The summed E-state index contributed by atoms with van der Waals surface area (Å²) in [5.41, 5.74) is 0. The highest BCUT2D eigenvalue weighted by molar-refractivity contribution is 4.85. The topological polar surface area (TPSA) is 15.3 Å². The van der Waals surface area contributed by atoms with Gasteiger partial charge < -0.3 is 5.32 Å². The van der Waals surface area contributed by atoms with Crippen LogP contribution in [0, 0.1) is 0 Å². The Morgan fingerprint density at radius 1 is 1.19 bits per heavy atom. The molecule has 0 amide bonds. The number of rotatable bonds is 5. The molecule has 94 valence electrons. The van der Waals surface area contributed by atoms with Gasteiger partial charge in [0.25, 0.3) is 0 Å². The SMILES string of the molecule is CCC(CNC1CC1)N1CCCCCC1C. The molecule has 0 aromatic rings. The van der Waals surface area contributed by atoms with Crippen LogP contribution < -0.4 is 5.32 Å². The lowest BCUT2D eigenvalue weighted by Crippen LogP contribution is -2.46. The molecule has 0 aromatic carbocycles. The maximum atomic E-state index is 3.70. The minimum atomic E-state index is 0.772. The molecule has 2 nitrogen and oxygen atoms in total. The van der Waals surface area contributed by atoms with Gasteiger partial charge in [-0.05, 0) is 45.6 Å². The van der Waals surface area contributed by atoms with E-state index >= 15 is 0 Å². The van der Waals surface area contributed by atoms with Crippen molar-refractivity contribution in [2.45, 2.75) is 76.9 Å². The molecule has 2 fully saturated rings. The Labute approximate surface area is 101 Å². The van der Waals surface area contributed by atoms with Crippen molar-refractivity contribution < 1.29 is 0 Å². The number of likely N-dealkylation sites (tertiary alicyclic amines) is 1. The number of hydrogen-bond donors (Lipinski definition) is 1. The molecule has 16 heavy (non-hydrogen) atoms. The van der Waals surface area contributed by atoms with Gasteiger partial charge in [-0.1, -0.05) is 19.8 Å². The van der Waals surface area contributed by atoms with Gasteiger partial charge in [0.1, 0.15) is 0 Å². The lowest BCUT2D eigenvalue weighted by molar-refractivity contribution is 0.139. The van der Waals surface area contributed by atoms with Crippen molar-refractivity contribution in [3.8, 4) is 0 Å². The van der Waals surface area contributed by atoms with Gasteiger partial charge in [-0.25, -0.2) is 0 Å². The smallest absolute Gasteiger partial charge is 0.0220 e. The molecule has 1 aliphatic heterocycles.